The average molecular weight is 421 g/mol. The molecule has 1 heterocycles. The molecule has 2 aromatic carbocycles. The monoisotopic (exact) mass is 420 g/mol. The molecule has 2 amide bonds. The molecular weight excluding hydrogens is 407 g/mol. The Hall–Kier alpha value is -2.22. The maximum atomic E-state index is 13.6. The van der Waals surface area contributed by atoms with Gasteiger partial charge in [0.1, 0.15) is 10.1 Å². The van der Waals surface area contributed by atoms with E-state index in [1.165, 1.54) is 23.1 Å². The molecule has 1 saturated heterocycles. The molecule has 1 N–H and O–H groups in total. The van der Waals surface area contributed by atoms with Gasteiger partial charge in [0.2, 0.25) is 5.91 Å². The molecule has 0 unspecified atom stereocenters. The Balaban J connectivity index is 1.63. The third kappa shape index (κ3) is 4.74. The van der Waals surface area contributed by atoms with Crippen molar-refractivity contribution in [2.24, 2.45) is 0 Å². The maximum Gasteiger partial charge on any atom is 0.266 e. The summed E-state index contributed by atoms with van der Waals surface area (Å²) in [6.45, 7) is 0.116. The molecule has 27 heavy (non-hydrogen) atoms. The first kappa shape index (κ1) is 19.5. The van der Waals surface area contributed by atoms with Crippen LogP contribution in [0.2, 0.25) is 5.02 Å². The van der Waals surface area contributed by atoms with Crippen molar-refractivity contribution in [3.8, 4) is 0 Å². The first-order chi connectivity index (χ1) is 13.0. The van der Waals surface area contributed by atoms with Gasteiger partial charge in [-0.25, -0.2) is 4.39 Å². The third-order valence-electron chi connectivity index (χ3n) is 3.78. The van der Waals surface area contributed by atoms with Crippen molar-refractivity contribution in [1.29, 1.82) is 0 Å². The van der Waals surface area contributed by atoms with Gasteiger partial charge in [-0.05, 0) is 29.8 Å². The molecule has 8 heteroatoms. The van der Waals surface area contributed by atoms with Gasteiger partial charge in [0, 0.05) is 18.0 Å². The van der Waals surface area contributed by atoms with Crippen molar-refractivity contribution >= 4 is 63.5 Å². The van der Waals surface area contributed by atoms with Gasteiger partial charge >= 0.3 is 0 Å². The van der Waals surface area contributed by atoms with Crippen LogP contribution >= 0.6 is 35.6 Å². The smallest absolute Gasteiger partial charge is 0.266 e. The van der Waals surface area contributed by atoms with Gasteiger partial charge in [0.05, 0.1) is 10.6 Å². The second-order valence-corrected chi connectivity index (χ2v) is 7.72. The number of nitrogens with one attached hydrogen (secondary N) is 1. The van der Waals surface area contributed by atoms with E-state index in [4.69, 9.17) is 23.8 Å². The first-order valence-electron chi connectivity index (χ1n) is 8.00. The highest BCUT2D eigenvalue weighted by Crippen LogP contribution is 2.33. The predicted molar refractivity (Wildman–Crippen MR) is 111 cm³/mol. The summed E-state index contributed by atoms with van der Waals surface area (Å²) in [4.78, 5) is 26.4. The second kappa shape index (κ2) is 8.65. The van der Waals surface area contributed by atoms with E-state index in [0.29, 0.717) is 14.2 Å². The fraction of sp³-hybridized carbons (Fsp3) is 0.105. The second-order valence-electron chi connectivity index (χ2n) is 5.63. The zero-order chi connectivity index (χ0) is 19.4. The molecule has 0 bridgehead atoms. The minimum atomic E-state index is -0.515. The van der Waals surface area contributed by atoms with Crippen LogP contribution < -0.4 is 5.32 Å². The molecule has 0 atom stereocenters. The Morgan fingerprint density at radius 3 is 2.67 bits per heavy atom. The van der Waals surface area contributed by atoms with Gasteiger partial charge < -0.3 is 5.32 Å². The van der Waals surface area contributed by atoms with Gasteiger partial charge in [-0.2, -0.15) is 0 Å². The molecule has 1 fully saturated rings. The number of anilines is 1. The molecule has 138 valence electrons. The van der Waals surface area contributed by atoms with Crippen LogP contribution in [0.15, 0.2) is 53.4 Å². The zero-order valence-corrected chi connectivity index (χ0v) is 16.3. The summed E-state index contributed by atoms with van der Waals surface area (Å²) in [5.41, 5.74) is 0.823. The van der Waals surface area contributed by atoms with E-state index in [1.54, 1.807) is 30.3 Å². The number of carbonyl (C=O) groups excluding carboxylic acids is 2. The predicted octanol–water partition coefficient (Wildman–Crippen LogP) is 4.71. The lowest BCUT2D eigenvalue weighted by atomic mass is 10.2. The van der Waals surface area contributed by atoms with E-state index in [2.05, 4.69) is 5.32 Å². The van der Waals surface area contributed by atoms with E-state index in [-0.39, 0.29) is 24.6 Å². The number of hydrogen-bond donors (Lipinski definition) is 1. The number of carbonyl (C=O) groups is 2. The van der Waals surface area contributed by atoms with Crippen LogP contribution in [0, 0.1) is 5.82 Å². The van der Waals surface area contributed by atoms with Crippen molar-refractivity contribution in [2.75, 3.05) is 11.9 Å². The molecule has 2 aromatic rings. The first-order valence-corrected chi connectivity index (χ1v) is 9.60. The Bertz CT molecular complexity index is 949. The number of amides is 2. The number of para-hydroxylation sites is 1. The summed E-state index contributed by atoms with van der Waals surface area (Å²) in [6.07, 6.45) is 1.68. The van der Waals surface area contributed by atoms with Crippen LogP contribution in [0.5, 0.6) is 0 Å². The lowest BCUT2D eigenvalue weighted by Gasteiger charge is -2.14. The SMILES string of the molecule is O=C(CCN1C(=O)C(=Cc2ccccc2Cl)SC1=S)Nc1ccccc1F. The fourth-order valence-electron chi connectivity index (χ4n) is 2.41. The molecule has 1 aliphatic rings. The Labute approximate surface area is 170 Å². The largest absolute Gasteiger partial charge is 0.324 e. The molecule has 0 aromatic heterocycles. The highest BCUT2D eigenvalue weighted by Gasteiger charge is 2.32. The fourth-order valence-corrected chi connectivity index (χ4v) is 3.90. The van der Waals surface area contributed by atoms with E-state index >= 15 is 0 Å². The van der Waals surface area contributed by atoms with Crippen molar-refractivity contribution in [3.05, 3.63) is 69.8 Å². The van der Waals surface area contributed by atoms with Crippen LogP contribution in [0.1, 0.15) is 12.0 Å². The molecule has 1 aliphatic heterocycles. The number of benzene rings is 2. The number of hydrogen-bond acceptors (Lipinski definition) is 4. The van der Waals surface area contributed by atoms with Crippen LogP contribution in [0.3, 0.4) is 0 Å². The summed E-state index contributed by atoms with van der Waals surface area (Å²) in [6, 6.07) is 13.1. The van der Waals surface area contributed by atoms with E-state index in [1.807, 2.05) is 6.07 Å². The van der Waals surface area contributed by atoms with Crippen LogP contribution in [0.25, 0.3) is 6.08 Å². The quantitative estimate of drug-likeness (QED) is 0.562. The van der Waals surface area contributed by atoms with Crippen molar-refractivity contribution in [3.63, 3.8) is 0 Å². The van der Waals surface area contributed by atoms with E-state index < -0.39 is 11.7 Å². The van der Waals surface area contributed by atoms with Crippen molar-refractivity contribution < 1.29 is 14.0 Å². The molecular formula is C19H14ClFN2O2S2. The standard InChI is InChI=1S/C19H14ClFN2O2S2/c20-13-6-2-1-5-12(13)11-16-18(25)23(19(26)27-16)10-9-17(24)22-15-8-4-3-7-14(15)21/h1-8,11H,9-10H2,(H,22,24). The highest BCUT2D eigenvalue weighted by atomic mass is 35.5. The lowest BCUT2D eigenvalue weighted by molar-refractivity contribution is -0.122. The van der Waals surface area contributed by atoms with Gasteiger partial charge in [0.25, 0.3) is 5.91 Å². The summed E-state index contributed by atoms with van der Waals surface area (Å²) >= 11 is 12.5. The van der Waals surface area contributed by atoms with Gasteiger partial charge in [-0.15, -0.1) is 0 Å². The molecule has 0 aliphatic carbocycles. The van der Waals surface area contributed by atoms with Crippen molar-refractivity contribution in [1.82, 2.24) is 4.90 Å². The molecule has 0 saturated carbocycles. The summed E-state index contributed by atoms with van der Waals surface area (Å²) in [5.74, 6) is -1.19. The maximum absolute atomic E-state index is 13.6. The van der Waals surface area contributed by atoms with Crippen molar-refractivity contribution in [2.45, 2.75) is 6.42 Å². The normalized spacial score (nSPS) is 15.5. The Kier molecular flexibility index (Phi) is 6.26. The number of thioether (sulfide) groups is 1. The van der Waals surface area contributed by atoms with Gasteiger partial charge in [0.15, 0.2) is 0 Å². The molecule has 4 nitrogen and oxygen atoms in total. The van der Waals surface area contributed by atoms with Gasteiger partial charge in [-0.3, -0.25) is 14.5 Å². The summed E-state index contributed by atoms with van der Waals surface area (Å²) in [5, 5.41) is 3.02. The van der Waals surface area contributed by atoms with Crippen LogP contribution in [-0.2, 0) is 9.59 Å². The molecule has 0 radical (unpaired) electrons. The Morgan fingerprint density at radius 1 is 1.22 bits per heavy atom. The zero-order valence-electron chi connectivity index (χ0n) is 13.9. The minimum Gasteiger partial charge on any atom is -0.324 e. The molecule has 0 spiro atoms. The highest BCUT2D eigenvalue weighted by molar-refractivity contribution is 8.26. The third-order valence-corrected chi connectivity index (χ3v) is 5.50. The number of halogens is 2. The van der Waals surface area contributed by atoms with Crippen LogP contribution in [-0.4, -0.2) is 27.6 Å². The number of rotatable bonds is 5. The average Bonchev–Trinajstić information content (AvgIpc) is 2.90. The van der Waals surface area contributed by atoms with Crippen LogP contribution in [0.4, 0.5) is 10.1 Å². The topological polar surface area (TPSA) is 49.4 Å². The van der Waals surface area contributed by atoms with Gasteiger partial charge in [-0.1, -0.05) is 65.9 Å². The molecule has 3 rings (SSSR count). The minimum absolute atomic E-state index is 0.000146. The van der Waals surface area contributed by atoms with E-state index in [0.717, 1.165) is 17.3 Å². The van der Waals surface area contributed by atoms with E-state index in [9.17, 15) is 14.0 Å². The lowest BCUT2D eigenvalue weighted by Crippen LogP contribution is -2.31. The number of thiocarbonyl (C=S) groups is 1. The Morgan fingerprint density at radius 2 is 1.93 bits per heavy atom. The summed E-state index contributed by atoms with van der Waals surface area (Å²) in [7, 11) is 0. The number of nitrogens with zero attached hydrogens (tertiary/aromatic N) is 1. The summed E-state index contributed by atoms with van der Waals surface area (Å²) < 4.78 is 14.0.